The number of aliphatic hydroxyl groups is 10. The monoisotopic (exact) mass is 732 g/mol. The molecule has 51 heavy (non-hydrogen) atoms. The minimum atomic E-state index is -1.58. The summed E-state index contributed by atoms with van der Waals surface area (Å²) in [7, 11) is 0. The summed E-state index contributed by atoms with van der Waals surface area (Å²) in [4.78, 5) is 0. The second-order valence-electron chi connectivity index (χ2n) is 17.9. The van der Waals surface area contributed by atoms with Gasteiger partial charge in [-0.2, -0.15) is 0 Å². The molecule has 6 fully saturated rings. The average Bonchev–Trinajstić information content (AvgIpc) is 3.52. The molecule has 0 aromatic heterocycles. The van der Waals surface area contributed by atoms with Crippen molar-refractivity contribution >= 4 is 0 Å². The van der Waals surface area contributed by atoms with Gasteiger partial charge in [-0.1, -0.05) is 34.6 Å². The first kappa shape index (κ1) is 40.1. The van der Waals surface area contributed by atoms with E-state index in [4.69, 9.17) is 18.9 Å². The number of hydrogen-bond acceptors (Lipinski definition) is 14. The molecule has 6 aliphatic rings. The number of hydrogen-bond donors (Lipinski definition) is 10. The van der Waals surface area contributed by atoms with Gasteiger partial charge in [0.25, 0.3) is 0 Å². The van der Waals surface area contributed by atoms with Crippen LogP contribution in [0.1, 0.15) is 86.0 Å². The van der Waals surface area contributed by atoms with Gasteiger partial charge in [0.05, 0.1) is 49.3 Å². The molecule has 0 radical (unpaired) electrons. The van der Waals surface area contributed by atoms with Crippen molar-refractivity contribution in [2.45, 2.75) is 171 Å². The molecule has 0 bridgehead atoms. The second-order valence-corrected chi connectivity index (χ2v) is 17.9. The second kappa shape index (κ2) is 14.8. The van der Waals surface area contributed by atoms with Crippen molar-refractivity contribution in [1.82, 2.24) is 0 Å². The van der Waals surface area contributed by atoms with Crippen LogP contribution in [0.4, 0.5) is 0 Å². The maximum Gasteiger partial charge on any atom is 0.187 e. The summed E-state index contributed by atoms with van der Waals surface area (Å²) in [5, 5.41) is 108. The Balaban J connectivity index is 1.14. The quantitative estimate of drug-likeness (QED) is 0.135. The van der Waals surface area contributed by atoms with Crippen molar-refractivity contribution in [2.24, 2.45) is 46.3 Å². The van der Waals surface area contributed by atoms with E-state index in [1.165, 1.54) is 0 Å². The van der Waals surface area contributed by atoms with E-state index in [2.05, 4.69) is 13.8 Å². The van der Waals surface area contributed by atoms with Crippen LogP contribution in [-0.2, 0) is 18.9 Å². The van der Waals surface area contributed by atoms with Crippen molar-refractivity contribution < 1.29 is 70.0 Å². The summed E-state index contributed by atoms with van der Waals surface area (Å²) in [5.41, 5.74) is -2.30. The van der Waals surface area contributed by atoms with E-state index in [-0.39, 0.29) is 42.8 Å². The first-order chi connectivity index (χ1) is 23.9. The van der Waals surface area contributed by atoms with Crippen LogP contribution in [0.25, 0.3) is 0 Å². The van der Waals surface area contributed by atoms with Crippen molar-refractivity contribution in [3.8, 4) is 0 Å². The molecule has 21 atom stereocenters. The topological polar surface area (TPSA) is 239 Å². The number of aliphatic hydroxyl groups excluding tert-OH is 9. The predicted octanol–water partition coefficient (Wildman–Crippen LogP) is -0.607. The van der Waals surface area contributed by atoms with Crippen LogP contribution in [-0.4, -0.2) is 150 Å². The van der Waals surface area contributed by atoms with Crippen LogP contribution in [0, 0.1) is 46.3 Å². The molecule has 14 heteroatoms. The molecule has 0 aromatic carbocycles. The molecule has 2 aliphatic heterocycles. The molecule has 10 N–H and O–H groups in total. The Labute approximate surface area is 300 Å². The molecule has 6 rings (SSSR count). The minimum absolute atomic E-state index is 0.00990. The Morgan fingerprint density at radius 3 is 2.12 bits per heavy atom. The zero-order valence-electron chi connectivity index (χ0n) is 30.6. The predicted molar refractivity (Wildman–Crippen MR) is 179 cm³/mol. The van der Waals surface area contributed by atoms with Gasteiger partial charge < -0.3 is 70.0 Å². The maximum atomic E-state index is 12.6. The van der Waals surface area contributed by atoms with Crippen molar-refractivity contribution in [3.05, 3.63) is 0 Å². The van der Waals surface area contributed by atoms with Crippen LogP contribution < -0.4 is 0 Å². The average molecular weight is 733 g/mol. The fourth-order valence-corrected chi connectivity index (χ4v) is 12.0. The Morgan fingerprint density at radius 2 is 1.45 bits per heavy atom. The summed E-state index contributed by atoms with van der Waals surface area (Å²) < 4.78 is 23.6. The van der Waals surface area contributed by atoms with E-state index in [9.17, 15) is 51.1 Å². The highest BCUT2D eigenvalue weighted by Gasteiger charge is 2.71. The molecule has 2 heterocycles. The number of fused-ring (bicyclic) bond motifs is 5. The highest BCUT2D eigenvalue weighted by Crippen LogP contribution is 2.69. The molecule has 0 amide bonds. The fourth-order valence-electron chi connectivity index (χ4n) is 12.0. The van der Waals surface area contributed by atoms with E-state index >= 15 is 0 Å². The first-order valence-corrected chi connectivity index (χ1v) is 19.2. The molecule has 4 saturated carbocycles. The highest BCUT2D eigenvalue weighted by atomic mass is 16.8. The molecule has 0 aromatic rings. The summed E-state index contributed by atoms with van der Waals surface area (Å²) in [5.74, 6) is -1.02. The molecule has 296 valence electrons. The Bertz CT molecular complexity index is 1190. The lowest BCUT2D eigenvalue weighted by atomic mass is 9.41. The van der Waals surface area contributed by atoms with Crippen molar-refractivity contribution in [2.75, 3.05) is 13.2 Å². The summed E-state index contributed by atoms with van der Waals surface area (Å²) in [6.45, 7) is 9.58. The normalized spacial score (nSPS) is 54.1. The summed E-state index contributed by atoms with van der Waals surface area (Å²) in [6, 6.07) is 0. The third-order valence-electron chi connectivity index (χ3n) is 14.7. The Morgan fingerprint density at radius 1 is 0.765 bits per heavy atom. The first-order valence-electron chi connectivity index (χ1n) is 19.2. The molecule has 2 saturated heterocycles. The van der Waals surface area contributed by atoms with Crippen LogP contribution in [0.5, 0.6) is 0 Å². The van der Waals surface area contributed by atoms with E-state index in [1.807, 2.05) is 20.8 Å². The lowest BCUT2D eigenvalue weighted by Crippen LogP contribution is -2.70. The Hall–Kier alpha value is -0.560. The van der Waals surface area contributed by atoms with E-state index in [1.54, 1.807) is 0 Å². The largest absolute Gasteiger partial charge is 0.394 e. The standard InChI is InChI=1S/C37H64O14/c1-16(2)23(49-34-31(29(45)24(14-38)50-34)51-33-30(46)28(44)22(42)15-48-33)7-6-17(3)18-12-20(40)32-35(18,4)11-9-25-36(5)10-8-19(39)27(43)26(36)21(41)13-37(25,32)47/h16-34,38-47H,6-15H2,1-5H3/t17-,18-,19+,20-,21+,22-,23+,24-,25-,26?,27+,28+,29+,30-,31-,32?,33+,34-,35-,36-,37+/m1/s1. The third kappa shape index (κ3) is 6.74. The van der Waals surface area contributed by atoms with Crippen molar-refractivity contribution in [3.63, 3.8) is 0 Å². The van der Waals surface area contributed by atoms with Crippen LogP contribution in [0.2, 0.25) is 0 Å². The lowest BCUT2D eigenvalue weighted by Gasteiger charge is -2.66. The zero-order chi connectivity index (χ0) is 37.4. The van der Waals surface area contributed by atoms with Gasteiger partial charge in [-0.15, -0.1) is 0 Å². The number of rotatable bonds is 10. The fraction of sp³-hybridized carbons (Fsp3) is 1.00. The third-order valence-corrected chi connectivity index (χ3v) is 14.7. The molecule has 0 spiro atoms. The molecular formula is C37H64O14. The molecule has 2 unspecified atom stereocenters. The molecular weight excluding hydrogens is 668 g/mol. The van der Waals surface area contributed by atoms with Gasteiger partial charge in [-0.05, 0) is 79.4 Å². The highest BCUT2D eigenvalue weighted by molar-refractivity contribution is 5.21. The van der Waals surface area contributed by atoms with Gasteiger partial charge in [0.1, 0.15) is 36.6 Å². The lowest BCUT2D eigenvalue weighted by molar-refractivity contribution is -0.307. The summed E-state index contributed by atoms with van der Waals surface area (Å²) in [6.07, 6.45) is -10.1. The number of ether oxygens (including phenoxy) is 4. The SMILES string of the molecule is CC(C)[C@H](CC[C@@H](C)[C@H]1C[C@@H](O)C2[C@]1(C)CC[C@@H]1[C@@]3(C)CC[C@H](O)[C@H](O)C3[C@@H](O)C[C@@]21O)O[C@@H]1O[C@H](CO)[C@H](O)[C@H]1O[C@@H]1OC[C@@H](O)[C@H](O)[C@H]1O. The van der Waals surface area contributed by atoms with Gasteiger partial charge >= 0.3 is 0 Å². The smallest absolute Gasteiger partial charge is 0.187 e. The van der Waals surface area contributed by atoms with E-state index in [0.29, 0.717) is 32.1 Å². The van der Waals surface area contributed by atoms with Gasteiger partial charge in [0.15, 0.2) is 12.6 Å². The van der Waals surface area contributed by atoms with Gasteiger partial charge in [-0.3, -0.25) is 0 Å². The van der Waals surface area contributed by atoms with Crippen molar-refractivity contribution in [1.29, 1.82) is 0 Å². The summed E-state index contributed by atoms with van der Waals surface area (Å²) >= 11 is 0. The van der Waals surface area contributed by atoms with Crippen LogP contribution in [0.15, 0.2) is 0 Å². The van der Waals surface area contributed by atoms with Gasteiger partial charge in [0, 0.05) is 18.3 Å². The van der Waals surface area contributed by atoms with Crippen LogP contribution in [0.3, 0.4) is 0 Å². The molecule has 14 nitrogen and oxygen atoms in total. The minimum Gasteiger partial charge on any atom is -0.394 e. The Kier molecular flexibility index (Phi) is 11.7. The zero-order valence-corrected chi connectivity index (χ0v) is 30.6. The van der Waals surface area contributed by atoms with Gasteiger partial charge in [0.2, 0.25) is 0 Å². The molecule has 4 aliphatic carbocycles. The van der Waals surface area contributed by atoms with Gasteiger partial charge in [-0.25, -0.2) is 0 Å². The van der Waals surface area contributed by atoms with Crippen LogP contribution >= 0.6 is 0 Å². The van der Waals surface area contributed by atoms with E-state index < -0.39 is 108 Å². The van der Waals surface area contributed by atoms with E-state index in [0.717, 1.165) is 12.8 Å². The maximum absolute atomic E-state index is 12.6.